The summed E-state index contributed by atoms with van der Waals surface area (Å²) in [5.74, 6) is 0.702. The van der Waals surface area contributed by atoms with Crippen LogP contribution in [-0.4, -0.2) is 29.1 Å². The fourth-order valence-electron chi connectivity index (χ4n) is 3.28. The highest BCUT2D eigenvalue weighted by Gasteiger charge is 2.40. The standard InChI is InChI=1S/C15H26N2O2S/c1-2-11-6-8-15(9-7-11,14(16)20)17-13(18)12-5-3-4-10-19-12/h11-12H,2-10H2,1H3,(H2,16,20)(H,17,18). The maximum absolute atomic E-state index is 12.4. The Bertz CT molecular complexity index is 359. The van der Waals surface area contributed by atoms with Crippen LogP contribution in [0.25, 0.3) is 0 Å². The lowest BCUT2D eigenvalue weighted by atomic mass is 9.75. The molecule has 2 rings (SSSR count). The van der Waals surface area contributed by atoms with Gasteiger partial charge in [-0.2, -0.15) is 0 Å². The lowest BCUT2D eigenvalue weighted by Gasteiger charge is -2.41. The zero-order valence-corrected chi connectivity index (χ0v) is 13.1. The van der Waals surface area contributed by atoms with Crippen molar-refractivity contribution in [2.24, 2.45) is 11.7 Å². The second-order valence-electron chi connectivity index (χ2n) is 6.14. The van der Waals surface area contributed by atoms with Gasteiger partial charge in [-0.1, -0.05) is 25.6 Å². The Kier molecular flexibility index (Phi) is 5.38. The molecule has 0 aromatic heterocycles. The molecule has 1 aliphatic heterocycles. The number of thiocarbonyl (C=S) groups is 1. The minimum absolute atomic E-state index is 0.0348. The van der Waals surface area contributed by atoms with Gasteiger partial charge in [-0.15, -0.1) is 0 Å². The molecule has 0 aromatic carbocycles. The Balaban J connectivity index is 1.98. The third kappa shape index (κ3) is 3.50. The van der Waals surface area contributed by atoms with E-state index in [2.05, 4.69) is 12.2 Å². The fourth-order valence-corrected chi connectivity index (χ4v) is 3.53. The first-order chi connectivity index (χ1) is 9.57. The van der Waals surface area contributed by atoms with Gasteiger partial charge in [0, 0.05) is 6.61 Å². The van der Waals surface area contributed by atoms with Crippen molar-refractivity contribution in [3.8, 4) is 0 Å². The van der Waals surface area contributed by atoms with E-state index in [0.29, 0.717) is 11.6 Å². The van der Waals surface area contributed by atoms with Gasteiger partial charge in [0.1, 0.15) is 6.10 Å². The minimum atomic E-state index is -0.487. The lowest BCUT2D eigenvalue weighted by molar-refractivity contribution is -0.137. The average Bonchev–Trinajstić information content (AvgIpc) is 2.48. The minimum Gasteiger partial charge on any atom is -0.391 e. The molecule has 1 heterocycles. The van der Waals surface area contributed by atoms with E-state index in [1.54, 1.807) is 0 Å². The second kappa shape index (κ2) is 6.85. The van der Waals surface area contributed by atoms with Crippen molar-refractivity contribution < 1.29 is 9.53 Å². The smallest absolute Gasteiger partial charge is 0.249 e. The number of carbonyl (C=O) groups excluding carboxylic acids is 1. The van der Waals surface area contributed by atoms with E-state index in [4.69, 9.17) is 22.7 Å². The molecule has 1 aliphatic carbocycles. The van der Waals surface area contributed by atoms with Crippen LogP contribution < -0.4 is 11.1 Å². The lowest BCUT2D eigenvalue weighted by Crippen LogP contribution is -2.60. The number of nitrogens with two attached hydrogens (primary N) is 1. The summed E-state index contributed by atoms with van der Waals surface area (Å²) in [5, 5.41) is 3.12. The van der Waals surface area contributed by atoms with Crippen LogP contribution in [0, 0.1) is 5.92 Å². The predicted octanol–water partition coefficient (Wildman–Crippen LogP) is 2.30. The average molecular weight is 298 g/mol. The third-order valence-corrected chi connectivity index (χ3v) is 5.23. The second-order valence-corrected chi connectivity index (χ2v) is 6.58. The first-order valence-corrected chi connectivity index (χ1v) is 8.22. The van der Waals surface area contributed by atoms with Crippen molar-refractivity contribution in [2.75, 3.05) is 6.61 Å². The largest absolute Gasteiger partial charge is 0.391 e. The van der Waals surface area contributed by atoms with Crippen LogP contribution in [0.1, 0.15) is 58.3 Å². The van der Waals surface area contributed by atoms with Crippen molar-refractivity contribution in [3.63, 3.8) is 0 Å². The van der Waals surface area contributed by atoms with E-state index in [1.807, 2.05) is 0 Å². The van der Waals surface area contributed by atoms with E-state index < -0.39 is 5.54 Å². The van der Waals surface area contributed by atoms with Gasteiger partial charge in [0.2, 0.25) is 5.91 Å². The van der Waals surface area contributed by atoms with Crippen molar-refractivity contribution in [2.45, 2.75) is 69.9 Å². The Morgan fingerprint density at radius 2 is 2.05 bits per heavy atom. The van der Waals surface area contributed by atoms with Gasteiger partial charge in [0.05, 0.1) is 10.5 Å². The predicted molar refractivity (Wildman–Crippen MR) is 83.5 cm³/mol. The maximum Gasteiger partial charge on any atom is 0.249 e. The number of ether oxygens (including phenoxy) is 1. The van der Waals surface area contributed by atoms with Gasteiger partial charge in [-0.25, -0.2) is 0 Å². The summed E-state index contributed by atoms with van der Waals surface area (Å²) in [6.45, 7) is 2.89. The van der Waals surface area contributed by atoms with Crippen LogP contribution in [0.4, 0.5) is 0 Å². The van der Waals surface area contributed by atoms with Crippen molar-refractivity contribution in [1.29, 1.82) is 0 Å². The monoisotopic (exact) mass is 298 g/mol. The molecule has 0 bridgehead atoms. The van der Waals surface area contributed by atoms with Crippen LogP contribution in [0.2, 0.25) is 0 Å². The zero-order valence-electron chi connectivity index (χ0n) is 12.3. The molecule has 0 radical (unpaired) electrons. The molecule has 1 atom stereocenters. The van der Waals surface area contributed by atoms with Crippen molar-refractivity contribution in [3.05, 3.63) is 0 Å². The molecule has 1 saturated carbocycles. The van der Waals surface area contributed by atoms with E-state index in [1.165, 1.54) is 6.42 Å². The van der Waals surface area contributed by atoms with Gasteiger partial charge < -0.3 is 15.8 Å². The van der Waals surface area contributed by atoms with Gasteiger partial charge in [-0.3, -0.25) is 4.79 Å². The summed E-state index contributed by atoms with van der Waals surface area (Å²) >= 11 is 5.24. The molecule has 2 fully saturated rings. The van der Waals surface area contributed by atoms with Crippen LogP contribution in [-0.2, 0) is 9.53 Å². The van der Waals surface area contributed by atoms with E-state index in [0.717, 1.165) is 50.9 Å². The number of carbonyl (C=O) groups is 1. The quantitative estimate of drug-likeness (QED) is 0.782. The van der Waals surface area contributed by atoms with Gasteiger partial charge in [-0.05, 0) is 50.9 Å². The van der Waals surface area contributed by atoms with Gasteiger partial charge in [0.15, 0.2) is 0 Å². The summed E-state index contributed by atoms with van der Waals surface area (Å²) in [4.78, 5) is 12.8. The van der Waals surface area contributed by atoms with E-state index in [9.17, 15) is 4.79 Å². The number of hydrogen-bond acceptors (Lipinski definition) is 3. The number of rotatable bonds is 4. The van der Waals surface area contributed by atoms with Gasteiger partial charge in [0.25, 0.3) is 0 Å². The summed E-state index contributed by atoms with van der Waals surface area (Å²) < 4.78 is 5.55. The number of nitrogens with one attached hydrogen (secondary N) is 1. The van der Waals surface area contributed by atoms with Crippen molar-refractivity contribution >= 4 is 23.1 Å². The summed E-state index contributed by atoms with van der Waals surface area (Å²) in [7, 11) is 0. The molecule has 5 heteroatoms. The van der Waals surface area contributed by atoms with Crippen LogP contribution >= 0.6 is 12.2 Å². The van der Waals surface area contributed by atoms with E-state index in [-0.39, 0.29) is 12.0 Å². The first-order valence-electron chi connectivity index (χ1n) is 7.81. The molecule has 1 amide bonds. The fraction of sp³-hybridized carbons (Fsp3) is 0.867. The molecule has 3 N–H and O–H groups in total. The Labute approximate surface area is 126 Å². The highest BCUT2D eigenvalue weighted by Crippen LogP contribution is 2.34. The Morgan fingerprint density at radius 1 is 1.35 bits per heavy atom. The molecular weight excluding hydrogens is 272 g/mol. The molecule has 1 saturated heterocycles. The van der Waals surface area contributed by atoms with Crippen molar-refractivity contribution in [1.82, 2.24) is 5.32 Å². The molecule has 0 spiro atoms. The number of amides is 1. The molecule has 4 nitrogen and oxygen atoms in total. The Hall–Kier alpha value is -0.680. The SMILES string of the molecule is CCC1CCC(NC(=O)C2CCCCO2)(C(N)=S)CC1. The van der Waals surface area contributed by atoms with Gasteiger partial charge >= 0.3 is 0 Å². The van der Waals surface area contributed by atoms with Crippen LogP contribution in [0.5, 0.6) is 0 Å². The van der Waals surface area contributed by atoms with Crippen LogP contribution in [0.3, 0.4) is 0 Å². The maximum atomic E-state index is 12.4. The summed E-state index contributed by atoms with van der Waals surface area (Å²) in [6.07, 6.45) is 7.65. The highest BCUT2D eigenvalue weighted by molar-refractivity contribution is 7.80. The summed E-state index contributed by atoms with van der Waals surface area (Å²) in [5.41, 5.74) is 5.46. The molecule has 20 heavy (non-hydrogen) atoms. The van der Waals surface area contributed by atoms with E-state index >= 15 is 0 Å². The topological polar surface area (TPSA) is 64.3 Å². The molecule has 0 aromatic rings. The number of hydrogen-bond donors (Lipinski definition) is 2. The normalized spacial score (nSPS) is 34.5. The molecule has 114 valence electrons. The molecule has 1 unspecified atom stereocenters. The third-order valence-electron chi connectivity index (χ3n) is 4.84. The first kappa shape index (κ1) is 15.7. The van der Waals surface area contributed by atoms with Crippen LogP contribution in [0.15, 0.2) is 0 Å². The zero-order chi connectivity index (χ0) is 14.6. The molecule has 2 aliphatic rings. The Morgan fingerprint density at radius 3 is 2.55 bits per heavy atom. The highest BCUT2D eigenvalue weighted by atomic mass is 32.1. The molecular formula is C15H26N2O2S. The summed E-state index contributed by atoms with van der Waals surface area (Å²) in [6, 6.07) is 0.